The highest BCUT2D eigenvalue weighted by molar-refractivity contribution is 7.89. The van der Waals surface area contributed by atoms with Crippen molar-refractivity contribution in [3.05, 3.63) is 24.3 Å². The third kappa shape index (κ3) is 6.27. The van der Waals surface area contributed by atoms with Crippen molar-refractivity contribution < 1.29 is 36.2 Å². The van der Waals surface area contributed by atoms with E-state index in [1.165, 1.54) is 11.2 Å². The molecule has 1 aromatic rings. The van der Waals surface area contributed by atoms with Crippen LogP contribution in [-0.2, 0) is 14.8 Å². The Hall–Kier alpha value is -2.34. The fraction of sp³-hybridized carbons (Fsp3) is 0.652. The Morgan fingerprint density at radius 1 is 1.23 bits per heavy atom. The second kappa shape index (κ2) is 10.7. The van der Waals surface area contributed by atoms with E-state index < -0.39 is 51.5 Å². The fourth-order valence-corrected chi connectivity index (χ4v) is 6.33. The molecule has 35 heavy (non-hydrogen) atoms. The van der Waals surface area contributed by atoms with Crippen molar-refractivity contribution in [3.63, 3.8) is 0 Å². The number of hydrogen-bond acceptors (Lipinski definition) is 6. The van der Waals surface area contributed by atoms with Crippen molar-refractivity contribution in [1.82, 2.24) is 4.31 Å². The van der Waals surface area contributed by atoms with Gasteiger partial charge in [0, 0.05) is 19.0 Å². The van der Waals surface area contributed by atoms with Crippen LogP contribution in [0.4, 0.5) is 18.9 Å². The number of carboxylic acid groups (broad SMARTS) is 1. The summed E-state index contributed by atoms with van der Waals surface area (Å²) >= 11 is 0. The van der Waals surface area contributed by atoms with Gasteiger partial charge in [-0.25, -0.2) is 12.7 Å². The lowest BCUT2D eigenvalue weighted by Gasteiger charge is -2.33. The van der Waals surface area contributed by atoms with Gasteiger partial charge in [-0.05, 0) is 50.5 Å². The van der Waals surface area contributed by atoms with Gasteiger partial charge in [0.25, 0.3) is 0 Å². The van der Waals surface area contributed by atoms with Crippen LogP contribution in [0.25, 0.3) is 0 Å². The van der Waals surface area contributed by atoms with Crippen molar-refractivity contribution in [2.45, 2.75) is 76.4 Å². The molecular formula is C23H32F3N3O5S. The topological polar surface area (TPSA) is 99.5 Å². The van der Waals surface area contributed by atoms with Crippen LogP contribution in [0.5, 0.6) is 5.75 Å². The van der Waals surface area contributed by atoms with Crippen LogP contribution in [0.3, 0.4) is 0 Å². The molecule has 0 saturated carbocycles. The minimum Gasteiger partial charge on any atom is -0.490 e. The van der Waals surface area contributed by atoms with Crippen LogP contribution in [0, 0.1) is 5.92 Å². The molecule has 1 N–H and O–H groups in total. The smallest absolute Gasteiger partial charge is 0.431 e. The molecule has 3 rings (SSSR count). The lowest BCUT2D eigenvalue weighted by molar-refractivity contribution is -0.137. The highest BCUT2D eigenvalue weighted by Gasteiger charge is 2.48. The maximum atomic E-state index is 13.4. The molecule has 1 fully saturated rings. The molecule has 3 atom stereocenters. The van der Waals surface area contributed by atoms with Gasteiger partial charge in [-0.15, -0.1) is 0 Å². The first-order valence-corrected chi connectivity index (χ1v) is 13.3. The number of hydrogen-bond donors (Lipinski definition) is 1. The minimum atomic E-state index is -4.65. The van der Waals surface area contributed by atoms with Gasteiger partial charge in [-0.1, -0.05) is 20.3 Å². The molecule has 12 heteroatoms. The molecule has 0 amide bonds. The Morgan fingerprint density at radius 3 is 2.34 bits per heavy atom. The third-order valence-electron chi connectivity index (χ3n) is 6.58. The molecule has 0 radical (unpaired) electrons. The molecule has 0 aromatic heterocycles. The average Bonchev–Trinajstić information content (AvgIpc) is 3.11. The summed E-state index contributed by atoms with van der Waals surface area (Å²) in [5.41, 5.74) is -0.667. The van der Waals surface area contributed by atoms with Crippen molar-refractivity contribution in [2.24, 2.45) is 11.0 Å². The van der Waals surface area contributed by atoms with E-state index in [1.54, 1.807) is 31.2 Å². The first kappa shape index (κ1) is 27.3. The number of alkyl halides is 3. The lowest BCUT2D eigenvalue weighted by Crippen LogP contribution is -2.45. The van der Waals surface area contributed by atoms with E-state index >= 15 is 0 Å². The molecule has 1 unspecified atom stereocenters. The number of benzene rings is 1. The highest BCUT2D eigenvalue weighted by atomic mass is 32.2. The number of piperidine rings is 1. The molecular weight excluding hydrogens is 487 g/mol. The van der Waals surface area contributed by atoms with E-state index in [2.05, 4.69) is 5.10 Å². The van der Waals surface area contributed by atoms with E-state index in [1.807, 2.05) is 6.92 Å². The molecule has 1 saturated heterocycles. The zero-order valence-corrected chi connectivity index (χ0v) is 20.8. The summed E-state index contributed by atoms with van der Waals surface area (Å²) in [6.45, 7) is 5.75. The van der Waals surface area contributed by atoms with Crippen LogP contribution >= 0.6 is 0 Å². The number of sulfonamides is 1. The third-order valence-corrected chi connectivity index (χ3v) is 8.92. The number of hydrazone groups is 1. The summed E-state index contributed by atoms with van der Waals surface area (Å²) in [7, 11) is -3.33. The van der Waals surface area contributed by atoms with Crippen LogP contribution in [-0.4, -0.2) is 66.2 Å². The number of aliphatic carboxylic acids is 1. The Morgan fingerprint density at radius 2 is 1.83 bits per heavy atom. The van der Waals surface area contributed by atoms with Gasteiger partial charge in [0.1, 0.15) is 17.6 Å². The van der Waals surface area contributed by atoms with Crippen LogP contribution in [0.15, 0.2) is 29.4 Å². The summed E-state index contributed by atoms with van der Waals surface area (Å²) in [6.07, 6.45) is -2.84. The van der Waals surface area contributed by atoms with Gasteiger partial charge in [0.2, 0.25) is 10.0 Å². The van der Waals surface area contributed by atoms with Gasteiger partial charge in [0.05, 0.1) is 23.4 Å². The lowest BCUT2D eigenvalue weighted by atomic mass is 9.94. The summed E-state index contributed by atoms with van der Waals surface area (Å²) in [6, 6.07) is 5.34. The predicted molar refractivity (Wildman–Crippen MR) is 126 cm³/mol. The minimum absolute atomic E-state index is 0.185. The van der Waals surface area contributed by atoms with Crippen LogP contribution < -0.4 is 9.75 Å². The van der Waals surface area contributed by atoms with Gasteiger partial charge >= 0.3 is 12.1 Å². The van der Waals surface area contributed by atoms with E-state index in [4.69, 9.17) is 4.74 Å². The molecule has 2 aliphatic rings. The van der Waals surface area contributed by atoms with Crippen molar-refractivity contribution in [2.75, 3.05) is 18.1 Å². The number of carboxylic acids is 1. The molecule has 2 heterocycles. The van der Waals surface area contributed by atoms with Gasteiger partial charge in [-0.2, -0.15) is 18.3 Å². The van der Waals surface area contributed by atoms with Crippen molar-refractivity contribution >= 4 is 27.4 Å². The second-order valence-electron chi connectivity index (χ2n) is 9.14. The average molecular weight is 520 g/mol. The van der Waals surface area contributed by atoms with Gasteiger partial charge in [-0.3, -0.25) is 9.80 Å². The van der Waals surface area contributed by atoms with Crippen LogP contribution in [0.1, 0.15) is 52.9 Å². The molecule has 8 nitrogen and oxygen atoms in total. The number of carbonyl (C=O) groups is 1. The number of halogens is 3. The Labute approximate surface area is 203 Å². The first-order chi connectivity index (χ1) is 16.3. The number of rotatable bonds is 9. The quantitative estimate of drug-likeness (QED) is 0.523. The summed E-state index contributed by atoms with van der Waals surface area (Å²) in [4.78, 5) is 11.2. The maximum Gasteiger partial charge on any atom is 0.431 e. The zero-order chi connectivity index (χ0) is 26.0. The van der Waals surface area contributed by atoms with E-state index in [0.29, 0.717) is 43.8 Å². The maximum absolute atomic E-state index is 13.4. The second-order valence-corrected chi connectivity index (χ2v) is 11.5. The van der Waals surface area contributed by atoms with Crippen molar-refractivity contribution in [1.29, 1.82) is 0 Å². The SMILES string of the molecule is CCCC(C)S(=O)(=O)N1CCC(Oc2ccc(N3N=C(C(F)(F)F)[C@@H](C)[C@@H]3CC(=O)O)cc2)CC1. The summed E-state index contributed by atoms with van der Waals surface area (Å²) in [5, 5.41) is 13.6. The van der Waals surface area contributed by atoms with Crippen molar-refractivity contribution in [3.8, 4) is 5.75 Å². The normalized spacial score (nSPS) is 23.3. The largest absolute Gasteiger partial charge is 0.490 e. The van der Waals surface area contributed by atoms with Gasteiger partial charge < -0.3 is 9.84 Å². The fourth-order valence-electron chi connectivity index (χ4n) is 4.57. The monoisotopic (exact) mass is 519 g/mol. The van der Waals surface area contributed by atoms with E-state index in [9.17, 15) is 31.5 Å². The van der Waals surface area contributed by atoms with Gasteiger partial charge in [0.15, 0.2) is 0 Å². The Balaban J connectivity index is 1.65. The number of anilines is 1. The highest BCUT2D eigenvalue weighted by Crippen LogP contribution is 2.37. The Bertz CT molecular complexity index is 1020. The molecule has 2 aliphatic heterocycles. The predicted octanol–water partition coefficient (Wildman–Crippen LogP) is 4.27. The Kier molecular flexibility index (Phi) is 8.36. The van der Waals surface area contributed by atoms with E-state index in [0.717, 1.165) is 11.4 Å². The molecule has 0 spiro atoms. The number of ether oxygens (including phenoxy) is 1. The first-order valence-electron chi connectivity index (χ1n) is 11.8. The zero-order valence-electron chi connectivity index (χ0n) is 20.0. The molecule has 0 bridgehead atoms. The molecule has 196 valence electrons. The van der Waals surface area contributed by atoms with E-state index in [-0.39, 0.29) is 6.10 Å². The van der Waals surface area contributed by atoms with Crippen LogP contribution in [0.2, 0.25) is 0 Å². The summed E-state index contributed by atoms with van der Waals surface area (Å²) in [5.74, 6) is -1.80. The summed E-state index contributed by atoms with van der Waals surface area (Å²) < 4.78 is 72.9. The standard InChI is InChI=1S/C23H32F3N3O5S/c1-4-5-15(2)35(32,33)28-12-10-19(11-13-28)34-18-8-6-17(7-9-18)29-20(14-21(30)31)16(3)22(27-29)23(24,25)26/h6-9,15-16,19-20H,4-5,10-14H2,1-3H3,(H,30,31)/t15?,16-,20-/m0/s1. The number of nitrogens with zero attached hydrogens (tertiary/aromatic N) is 3. The molecule has 0 aliphatic carbocycles. The molecule has 1 aromatic carbocycles.